The van der Waals surface area contributed by atoms with Gasteiger partial charge in [0, 0.05) is 0 Å². The quantitative estimate of drug-likeness (QED) is 0.684. The highest BCUT2D eigenvalue weighted by Gasteiger charge is 2.30. The predicted octanol–water partition coefficient (Wildman–Crippen LogP) is 1.70. The van der Waals surface area contributed by atoms with Crippen LogP contribution in [0.1, 0.15) is 28.6 Å². The zero-order valence-electron chi connectivity index (χ0n) is 10.2. The van der Waals surface area contributed by atoms with E-state index >= 15 is 0 Å². The Morgan fingerprint density at radius 3 is 1.87 bits per heavy atom. The molecular weight excluding hydrogens is 196 g/mol. The first-order valence-electron chi connectivity index (χ1n) is 5.10. The van der Waals surface area contributed by atoms with Crippen molar-refractivity contribution in [2.75, 3.05) is 0 Å². The molecule has 0 aromatic carbocycles. The van der Waals surface area contributed by atoms with Crippen molar-refractivity contribution in [1.82, 2.24) is 0 Å². The predicted molar refractivity (Wildman–Crippen MR) is 57.3 cm³/mol. The van der Waals surface area contributed by atoms with Crippen molar-refractivity contribution in [1.29, 1.82) is 0 Å². The molecule has 0 heterocycles. The Morgan fingerprint density at radius 2 is 1.67 bits per heavy atom. The molecule has 0 saturated heterocycles. The minimum Gasteiger partial charge on any atom is -0.481 e. The molecule has 0 aromatic heterocycles. The van der Waals surface area contributed by atoms with Crippen LogP contribution in [0.25, 0.3) is 0 Å². The lowest BCUT2D eigenvalue weighted by atomic mass is 9.87. The molecular formula is C11H18O4. The third-order valence-electron chi connectivity index (χ3n) is 2.04. The van der Waals surface area contributed by atoms with E-state index in [1.54, 1.807) is 0 Å². The third kappa shape index (κ3) is 6.55. The Morgan fingerprint density at radius 1 is 1.27 bits per heavy atom. The lowest BCUT2D eigenvalue weighted by Crippen LogP contribution is -2.28. The number of terminal acetylenes is 1. The van der Waals surface area contributed by atoms with Gasteiger partial charge in [0.1, 0.15) is 1.37 Å². The van der Waals surface area contributed by atoms with E-state index in [0.29, 0.717) is 6.42 Å². The fourth-order valence-corrected chi connectivity index (χ4v) is 1.20. The molecule has 0 aliphatic rings. The van der Waals surface area contributed by atoms with Crippen LogP contribution < -0.4 is 0 Å². The molecule has 2 atom stereocenters. The van der Waals surface area contributed by atoms with Crippen molar-refractivity contribution in [3.8, 4) is 12.8 Å². The minimum absolute atomic E-state index is 0.197. The van der Waals surface area contributed by atoms with Crippen LogP contribution >= 0.6 is 0 Å². The molecule has 0 rings (SSSR count). The maximum absolute atomic E-state index is 10.7. The standard InChI is InChI=1S/C9H16O4.C2H2/c1-5(2)4-7(9(12)13)6(3)8(10)11;1-2/h5-7H,4H2,1-3H3,(H,10,11)(H,12,13);1-2H/t6-,7+;/m0./s1/i;1D. The van der Waals surface area contributed by atoms with Crippen LogP contribution in [-0.2, 0) is 9.59 Å². The van der Waals surface area contributed by atoms with Gasteiger partial charge in [-0.3, -0.25) is 9.59 Å². The van der Waals surface area contributed by atoms with E-state index in [4.69, 9.17) is 11.6 Å². The molecule has 0 aromatic rings. The van der Waals surface area contributed by atoms with E-state index in [0.717, 1.165) is 0 Å². The molecule has 0 unspecified atom stereocenters. The van der Waals surface area contributed by atoms with E-state index in [2.05, 4.69) is 6.42 Å². The molecule has 0 fully saturated rings. The van der Waals surface area contributed by atoms with Crippen LogP contribution in [0, 0.1) is 30.6 Å². The van der Waals surface area contributed by atoms with Crippen molar-refractivity contribution in [2.45, 2.75) is 27.2 Å². The van der Waals surface area contributed by atoms with Gasteiger partial charge in [-0.05, 0) is 12.3 Å². The number of carboxylic acids is 2. The van der Waals surface area contributed by atoms with Gasteiger partial charge < -0.3 is 10.2 Å². The Bertz CT molecular complexity index is 268. The van der Waals surface area contributed by atoms with Gasteiger partial charge in [-0.15, -0.1) is 12.8 Å². The van der Waals surface area contributed by atoms with Crippen LogP contribution in [0.2, 0.25) is 0 Å². The summed E-state index contributed by atoms with van der Waals surface area (Å²) in [7, 11) is 0. The lowest BCUT2D eigenvalue weighted by molar-refractivity contribution is -0.153. The Kier molecular flexibility index (Phi) is 7.08. The second kappa shape index (κ2) is 7.86. The molecule has 2 N–H and O–H groups in total. The molecule has 4 nitrogen and oxygen atoms in total. The van der Waals surface area contributed by atoms with Crippen LogP contribution in [-0.4, -0.2) is 22.2 Å². The first-order chi connectivity index (χ1) is 7.27. The van der Waals surface area contributed by atoms with Gasteiger partial charge >= 0.3 is 11.9 Å². The summed E-state index contributed by atoms with van der Waals surface area (Å²) in [4.78, 5) is 21.3. The maximum Gasteiger partial charge on any atom is 0.307 e. The third-order valence-corrected chi connectivity index (χ3v) is 2.04. The number of hydrogen-bond acceptors (Lipinski definition) is 2. The molecule has 0 spiro atoms. The highest BCUT2D eigenvalue weighted by Crippen LogP contribution is 2.20. The van der Waals surface area contributed by atoms with Crippen LogP contribution in [0.4, 0.5) is 0 Å². The zero-order valence-corrected chi connectivity index (χ0v) is 9.23. The summed E-state index contributed by atoms with van der Waals surface area (Å²) in [6, 6.07) is 0. The monoisotopic (exact) mass is 215 g/mol. The Labute approximate surface area is 91.7 Å². The SMILES string of the molecule is CC(C)C[C@@H](C(=O)O)[C@H](C)C(=O)O.[2H]C#C. The summed E-state index contributed by atoms with van der Waals surface area (Å²) in [6.45, 7) is 5.19. The normalized spacial score (nSPS) is 13.9. The van der Waals surface area contributed by atoms with Crippen molar-refractivity contribution in [3.63, 3.8) is 0 Å². The van der Waals surface area contributed by atoms with Gasteiger partial charge in [0.2, 0.25) is 0 Å². The number of aliphatic carboxylic acids is 2. The van der Waals surface area contributed by atoms with E-state index in [1.807, 2.05) is 13.8 Å². The molecule has 4 heteroatoms. The topological polar surface area (TPSA) is 74.6 Å². The number of hydrogen-bond donors (Lipinski definition) is 2. The molecule has 0 saturated carbocycles. The average Bonchev–Trinajstić information content (AvgIpc) is 2.13. The van der Waals surface area contributed by atoms with Crippen LogP contribution in [0.3, 0.4) is 0 Å². The molecule has 0 bridgehead atoms. The van der Waals surface area contributed by atoms with Gasteiger partial charge in [-0.25, -0.2) is 0 Å². The summed E-state index contributed by atoms with van der Waals surface area (Å²) in [5.41, 5.74) is 0. The van der Waals surface area contributed by atoms with Gasteiger partial charge in [-0.2, -0.15) is 0 Å². The summed E-state index contributed by atoms with van der Waals surface area (Å²) < 4.78 is 5.74. The summed E-state index contributed by atoms with van der Waals surface area (Å²) in [5.74, 6) is -3.48. The van der Waals surface area contributed by atoms with Gasteiger partial charge in [0.15, 0.2) is 0 Å². The number of carboxylic acid groups (broad SMARTS) is 2. The lowest BCUT2D eigenvalue weighted by Gasteiger charge is -2.18. The van der Waals surface area contributed by atoms with Crippen LogP contribution in [0.15, 0.2) is 0 Å². The van der Waals surface area contributed by atoms with Crippen molar-refractivity contribution in [2.24, 2.45) is 17.8 Å². The first-order valence-corrected chi connectivity index (χ1v) is 4.60. The molecule has 0 radical (unpaired) electrons. The van der Waals surface area contributed by atoms with E-state index < -0.39 is 23.8 Å². The highest BCUT2D eigenvalue weighted by atomic mass is 16.4. The summed E-state index contributed by atoms with van der Waals surface area (Å²) in [6.07, 6.45) is 6.17. The first kappa shape index (κ1) is 13.5. The van der Waals surface area contributed by atoms with Crippen LogP contribution in [0.5, 0.6) is 0 Å². The minimum atomic E-state index is -1.05. The number of carbonyl (C=O) groups is 2. The molecule has 86 valence electrons. The fourth-order valence-electron chi connectivity index (χ4n) is 1.20. The smallest absolute Gasteiger partial charge is 0.307 e. The summed E-state index contributed by atoms with van der Waals surface area (Å²) >= 11 is 0. The van der Waals surface area contributed by atoms with Crippen molar-refractivity contribution in [3.05, 3.63) is 0 Å². The van der Waals surface area contributed by atoms with Gasteiger partial charge in [0.25, 0.3) is 0 Å². The molecule has 0 aliphatic heterocycles. The largest absolute Gasteiger partial charge is 0.481 e. The molecule has 0 amide bonds. The molecule has 15 heavy (non-hydrogen) atoms. The second-order valence-electron chi connectivity index (χ2n) is 3.70. The maximum atomic E-state index is 10.7. The second-order valence-corrected chi connectivity index (χ2v) is 3.70. The van der Waals surface area contributed by atoms with Crippen molar-refractivity contribution >= 4 is 11.9 Å². The van der Waals surface area contributed by atoms with Crippen molar-refractivity contribution < 1.29 is 21.2 Å². The molecule has 0 aliphatic carbocycles. The Balaban J connectivity index is 0. The van der Waals surface area contributed by atoms with E-state index in [1.165, 1.54) is 13.3 Å². The fraction of sp³-hybridized carbons (Fsp3) is 0.636. The van der Waals surface area contributed by atoms with E-state index in [9.17, 15) is 9.59 Å². The van der Waals surface area contributed by atoms with Gasteiger partial charge in [0.05, 0.1) is 11.8 Å². The Hall–Kier alpha value is -1.50. The summed E-state index contributed by atoms with van der Waals surface area (Å²) in [5, 5.41) is 17.4. The van der Waals surface area contributed by atoms with E-state index in [-0.39, 0.29) is 5.92 Å². The van der Waals surface area contributed by atoms with Gasteiger partial charge in [-0.1, -0.05) is 20.8 Å². The average molecular weight is 215 g/mol. The zero-order chi connectivity index (χ0) is 13.3. The highest BCUT2D eigenvalue weighted by molar-refractivity contribution is 5.79. The number of rotatable bonds is 5.